The van der Waals surface area contributed by atoms with Gasteiger partial charge in [-0.25, -0.2) is 0 Å². The fourth-order valence-electron chi connectivity index (χ4n) is 4.32. The molecule has 0 aliphatic heterocycles. The smallest absolute Gasteiger partial charge is 0.306 e. The van der Waals surface area contributed by atoms with Crippen molar-refractivity contribution in [1.29, 1.82) is 0 Å². The Labute approximate surface area is 142 Å². The van der Waals surface area contributed by atoms with Gasteiger partial charge in [0, 0.05) is 6.42 Å². The molecule has 0 saturated heterocycles. The third-order valence-electron chi connectivity index (χ3n) is 5.67. The number of carbonyl (C=O) groups excluding carboxylic acids is 1. The minimum atomic E-state index is -0.0439. The first kappa shape index (κ1) is 18.3. The molecule has 2 rings (SSSR count). The predicted molar refractivity (Wildman–Crippen MR) is 96.2 cm³/mol. The lowest BCUT2D eigenvalue weighted by Gasteiger charge is -2.34. The van der Waals surface area contributed by atoms with Crippen molar-refractivity contribution in [2.75, 3.05) is 6.61 Å². The molecule has 0 bridgehead atoms. The monoisotopic (exact) mass is 318 g/mol. The molecule has 1 saturated carbocycles. The van der Waals surface area contributed by atoms with Crippen molar-refractivity contribution in [2.45, 2.75) is 79.1 Å². The average molecular weight is 319 g/mol. The molecule has 2 aliphatic carbocycles. The summed E-state index contributed by atoms with van der Waals surface area (Å²) in [5, 5.41) is 0. The van der Waals surface area contributed by atoms with Crippen LogP contribution in [-0.4, -0.2) is 12.6 Å². The van der Waals surface area contributed by atoms with E-state index in [9.17, 15) is 4.79 Å². The number of ether oxygens (including phenoxy) is 1. The van der Waals surface area contributed by atoms with Gasteiger partial charge >= 0.3 is 5.97 Å². The van der Waals surface area contributed by atoms with Gasteiger partial charge < -0.3 is 4.74 Å². The van der Waals surface area contributed by atoms with Crippen LogP contribution in [0.5, 0.6) is 0 Å². The molecule has 0 spiro atoms. The van der Waals surface area contributed by atoms with Gasteiger partial charge in [-0.3, -0.25) is 4.79 Å². The first-order chi connectivity index (χ1) is 11.0. The molecule has 130 valence electrons. The quantitative estimate of drug-likeness (QED) is 0.335. The van der Waals surface area contributed by atoms with Crippen LogP contribution in [0.4, 0.5) is 0 Å². The van der Waals surface area contributed by atoms with Crippen molar-refractivity contribution in [3.8, 4) is 0 Å². The topological polar surface area (TPSA) is 26.3 Å². The normalized spacial score (nSPS) is 28.0. The highest BCUT2D eigenvalue weighted by molar-refractivity contribution is 5.69. The van der Waals surface area contributed by atoms with Gasteiger partial charge in [0.15, 0.2) is 0 Å². The highest BCUT2D eigenvalue weighted by atomic mass is 16.5. The number of fused-ring (bicyclic) bond motifs is 1. The Hall–Kier alpha value is -1.05. The summed E-state index contributed by atoms with van der Waals surface area (Å²) in [4.78, 5) is 11.7. The predicted octanol–water partition coefficient (Wildman–Crippen LogP) is 5.83. The maximum Gasteiger partial charge on any atom is 0.306 e. The molecule has 3 atom stereocenters. The zero-order valence-electron chi connectivity index (χ0n) is 15.5. The van der Waals surface area contributed by atoms with E-state index >= 15 is 0 Å². The first-order valence-corrected chi connectivity index (χ1v) is 9.55. The van der Waals surface area contributed by atoms with Gasteiger partial charge in [0.1, 0.15) is 6.61 Å². The van der Waals surface area contributed by atoms with Gasteiger partial charge in [-0.2, -0.15) is 0 Å². The van der Waals surface area contributed by atoms with Gasteiger partial charge in [-0.05, 0) is 69.3 Å². The zero-order chi connectivity index (χ0) is 16.8. The Kier molecular flexibility index (Phi) is 6.92. The standard InChI is InChI=1S/C21H34O2/c1-5-6-7-8-20(22)23-14-15(2)13-18-11-9-16(3)19-12-10-17(4)21(18)19/h13,16,18-19H,5-12,14H2,1-4H3/b15-13-/t16?,18-,19?/m0/s1. The number of unbranched alkanes of at least 4 members (excludes halogenated alkanes) is 2. The summed E-state index contributed by atoms with van der Waals surface area (Å²) in [6.07, 6.45) is 11.3. The van der Waals surface area contributed by atoms with Crippen LogP contribution in [0.15, 0.2) is 22.8 Å². The third-order valence-corrected chi connectivity index (χ3v) is 5.67. The van der Waals surface area contributed by atoms with Crippen molar-refractivity contribution >= 4 is 5.97 Å². The summed E-state index contributed by atoms with van der Waals surface area (Å²) in [5.41, 5.74) is 4.53. The molecule has 2 nitrogen and oxygen atoms in total. The van der Waals surface area contributed by atoms with E-state index in [1.54, 1.807) is 11.1 Å². The van der Waals surface area contributed by atoms with Crippen LogP contribution < -0.4 is 0 Å². The minimum absolute atomic E-state index is 0.0439. The SMILES string of the molecule is CCCCCC(=O)OC/C(C)=C\[C@@H]1CCC(C)C2CCC(C)=C21. The van der Waals surface area contributed by atoms with Crippen LogP contribution in [0.25, 0.3) is 0 Å². The fraction of sp³-hybridized carbons (Fsp3) is 0.762. The maximum atomic E-state index is 11.7. The second-order valence-electron chi connectivity index (χ2n) is 7.67. The Morgan fingerprint density at radius 2 is 2.04 bits per heavy atom. The number of hydrogen-bond acceptors (Lipinski definition) is 2. The lowest BCUT2D eigenvalue weighted by atomic mass is 9.71. The highest BCUT2D eigenvalue weighted by Gasteiger charge is 2.35. The largest absolute Gasteiger partial charge is 0.461 e. The van der Waals surface area contributed by atoms with Gasteiger partial charge in [0.05, 0.1) is 0 Å². The van der Waals surface area contributed by atoms with Crippen LogP contribution >= 0.6 is 0 Å². The van der Waals surface area contributed by atoms with Crippen LogP contribution in [0.1, 0.15) is 79.1 Å². The molecule has 1 fully saturated rings. The second kappa shape index (κ2) is 8.70. The minimum Gasteiger partial charge on any atom is -0.461 e. The number of allylic oxidation sites excluding steroid dienone is 3. The molecule has 0 aromatic heterocycles. The van der Waals surface area contributed by atoms with Crippen LogP contribution in [0.2, 0.25) is 0 Å². The fourth-order valence-corrected chi connectivity index (χ4v) is 4.32. The van der Waals surface area contributed by atoms with Crippen molar-refractivity contribution < 1.29 is 9.53 Å². The molecule has 0 aromatic carbocycles. The van der Waals surface area contributed by atoms with Gasteiger partial charge in [0.2, 0.25) is 0 Å². The molecule has 0 heterocycles. The van der Waals surface area contributed by atoms with E-state index in [4.69, 9.17) is 4.74 Å². The zero-order valence-corrected chi connectivity index (χ0v) is 15.5. The molecule has 0 aromatic rings. The second-order valence-corrected chi connectivity index (χ2v) is 7.67. The van der Waals surface area contributed by atoms with Gasteiger partial charge in [-0.1, -0.05) is 43.9 Å². The van der Waals surface area contributed by atoms with Gasteiger partial charge in [-0.15, -0.1) is 0 Å². The molecule has 0 radical (unpaired) electrons. The van der Waals surface area contributed by atoms with Crippen LogP contribution in [-0.2, 0) is 9.53 Å². The molecular weight excluding hydrogens is 284 g/mol. The highest BCUT2D eigenvalue weighted by Crippen LogP contribution is 2.48. The number of carbonyl (C=O) groups is 1. The van der Waals surface area contributed by atoms with Gasteiger partial charge in [0.25, 0.3) is 0 Å². The summed E-state index contributed by atoms with van der Waals surface area (Å²) < 4.78 is 5.43. The Bertz CT molecular complexity index is 472. The molecular formula is C21H34O2. The maximum absolute atomic E-state index is 11.7. The van der Waals surface area contributed by atoms with E-state index in [1.807, 2.05) is 0 Å². The molecule has 0 N–H and O–H groups in total. The van der Waals surface area contributed by atoms with E-state index in [0.717, 1.165) is 31.1 Å². The van der Waals surface area contributed by atoms with E-state index in [2.05, 4.69) is 33.8 Å². The Balaban J connectivity index is 1.88. The van der Waals surface area contributed by atoms with E-state index in [0.29, 0.717) is 18.9 Å². The third kappa shape index (κ3) is 4.96. The lowest BCUT2D eigenvalue weighted by Crippen LogP contribution is -2.23. The summed E-state index contributed by atoms with van der Waals surface area (Å²) in [6.45, 7) is 9.45. The van der Waals surface area contributed by atoms with Crippen molar-refractivity contribution in [3.05, 3.63) is 22.8 Å². The van der Waals surface area contributed by atoms with E-state index in [-0.39, 0.29) is 5.97 Å². The van der Waals surface area contributed by atoms with Crippen molar-refractivity contribution in [2.24, 2.45) is 17.8 Å². The Morgan fingerprint density at radius 3 is 2.78 bits per heavy atom. The molecule has 23 heavy (non-hydrogen) atoms. The molecule has 2 heteroatoms. The summed E-state index contributed by atoms with van der Waals surface area (Å²) in [6, 6.07) is 0. The lowest BCUT2D eigenvalue weighted by molar-refractivity contribution is -0.142. The summed E-state index contributed by atoms with van der Waals surface area (Å²) in [5.74, 6) is 2.17. The summed E-state index contributed by atoms with van der Waals surface area (Å²) in [7, 11) is 0. The average Bonchev–Trinajstić information content (AvgIpc) is 2.91. The molecule has 2 aliphatic rings. The summed E-state index contributed by atoms with van der Waals surface area (Å²) >= 11 is 0. The Morgan fingerprint density at radius 1 is 1.26 bits per heavy atom. The number of esters is 1. The molecule has 2 unspecified atom stereocenters. The first-order valence-electron chi connectivity index (χ1n) is 9.55. The number of hydrogen-bond donors (Lipinski definition) is 0. The van der Waals surface area contributed by atoms with Crippen molar-refractivity contribution in [3.63, 3.8) is 0 Å². The van der Waals surface area contributed by atoms with E-state index in [1.165, 1.54) is 31.3 Å². The van der Waals surface area contributed by atoms with Crippen molar-refractivity contribution in [1.82, 2.24) is 0 Å². The van der Waals surface area contributed by atoms with E-state index < -0.39 is 0 Å². The van der Waals surface area contributed by atoms with Crippen LogP contribution in [0.3, 0.4) is 0 Å². The van der Waals surface area contributed by atoms with Crippen LogP contribution in [0, 0.1) is 17.8 Å². The number of rotatable bonds is 7. The molecule has 0 amide bonds.